The molecule has 0 radical (unpaired) electrons. The highest BCUT2D eigenvalue weighted by Crippen LogP contribution is 2.22. The molecular weight excluding hydrogens is 214 g/mol. The molecule has 1 heterocycles. The molecule has 0 atom stereocenters. The summed E-state index contributed by atoms with van der Waals surface area (Å²) in [5.74, 6) is 0. The Hall–Kier alpha value is -0.440. The summed E-state index contributed by atoms with van der Waals surface area (Å²) in [5.41, 5.74) is 0. The summed E-state index contributed by atoms with van der Waals surface area (Å²) in [4.78, 5) is 14.2. The van der Waals surface area contributed by atoms with Crippen LogP contribution in [0.25, 0.3) is 0 Å². The van der Waals surface area contributed by atoms with Gasteiger partial charge >= 0.3 is 0 Å². The molecule has 0 saturated carbocycles. The number of thiophene rings is 1. The van der Waals surface area contributed by atoms with Crippen molar-refractivity contribution < 1.29 is 4.79 Å². The van der Waals surface area contributed by atoms with Crippen molar-refractivity contribution in [2.75, 3.05) is 0 Å². The molecule has 0 aliphatic heterocycles. The molecule has 1 aromatic heterocycles. The first kappa shape index (κ1) is 7.66. The molecule has 2 nitrogen and oxygen atoms in total. The minimum Gasteiger partial charge on any atom is -0.211 e. The number of carbonyl (C=O) groups excluding carboxylic acids is 1. The molecule has 52 valence electrons. The van der Waals surface area contributed by atoms with Gasteiger partial charge in [-0.25, -0.2) is 9.79 Å². The van der Waals surface area contributed by atoms with Crippen molar-refractivity contribution in [2.24, 2.45) is 4.99 Å². The maximum Gasteiger partial charge on any atom is 0.235 e. The van der Waals surface area contributed by atoms with Gasteiger partial charge in [-0.3, -0.25) is 0 Å². The Bertz CT molecular complexity index is 264. The van der Waals surface area contributed by atoms with E-state index in [-0.39, 0.29) is 0 Å². The van der Waals surface area contributed by atoms with Crippen LogP contribution >= 0.6 is 27.3 Å². The van der Waals surface area contributed by atoms with Crippen LogP contribution in [0.5, 0.6) is 0 Å². The first-order valence-corrected chi connectivity index (χ1v) is 4.27. The van der Waals surface area contributed by atoms with Crippen molar-refractivity contribution in [1.29, 1.82) is 0 Å². The van der Waals surface area contributed by atoms with E-state index >= 15 is 0 Å². The van der Waals surface area contributed by atoms with Gasteiger partial charge in [0.25, 0.3) is 0 Å². The quantitative estimate of drug-likeness (QED) is 0.553. The van der Waals surface area contributed by atoms with Crippen LogP contribution in [0.2, 0.25) is 0 Å². The van der Waals surface area contributed by atoms with Crippen LogP contribution in [-0.2, 0) is 11.3 Å². The Kier molecular flexibility index (Phi) is 2.81. The maximum atomic E-state index is 9.71. The zero-order valence-electron chi connectivity index (χ0n) is 5.00. The Labute approximate surface area is 70.7 Å². The van der Waals surface area contributed by atoms with Crippen molar-refractivity contribution in [1.82, 2.24) is 0 Å². The van der Waals surface area contributed by atoms with E-state index in [1.165, 1.54) is 6.08 Å². The van der Waals surface area contributed by atoms with E-state index in [9.17, 15) is 4.79 Å². The molecule has 0 amide bonds. The minimum atomic E-state index is 0.432. The fraction of sp³-hybridized carbons (Fsp3) is 0.167. The van der Waals surface area contributed by atoms with Crippen molar-refractivity contribution in [3.63, 3.8) is 0 Å². The monoisotopic (exact) mass is 217 g/mol. The Morgan fingerprint density at radius 1 is 1.80 bits per heavy atom. The largest absolute Gasteiger partial charge is 0.235 e. The number of nitrogens with zero attached hydrogens (tertiary/aromatic N) is 1. The van der Waals surface area contributed by atoms with E-state index in [0.717, 1.165) is 9.35 Å². The van der Waals surface area contributed by atoms with Gasteiger partial charge in [0, 0.05) is 9.35 Å². The third kappa shape index (κ3) is 1.77. The summed E-state index contributed by atoms with van der Waals surface area (Å²) >= 11 is 4.89. The number of halogens is 1. The average Bonchev–Trinajstić information content (AvgIpc) is 2.31. The van der Waals surface area contributed by atoms with Gasteiger partial charge in [0.05, 0.1) is 6.54 Å². The fourth-order valence-corrected chi connectivity index (χ4v) is 1.94. The second-order valence-electron chi connectivity index (χ2n) is 1.60. The molecular formula is C6H4BrNOS. The number of hydrogen-bond donors (Lipinski definition) is 0. The first-order chi connectivity index (χ1) is 4.84. The number of isocyanates is 1. The molecule has 1 aromatic rings. The number of aliphatic imine (C=N–C) groups is 1. The minimum absolute atomic E-state index is 0.432. The molecule has 0 unspecified atom stereocenters. The first-order valence-electron chi connectivity index (χ1n) is 2.60. The van der Waals surface area contributed by atoms with Gasteiger partial charge in [0.15, 0.2) is 0 Å². The lowest BCUT2D eigenvalue weighted by atomic mass is 10.5. The predicted molar refractivity (Wildman–Crippen MR) is 43.8 cm³/mol. The Morgan fingerprint density at radius 3 is 3.10 bits per heavy atom. The lowest BCUT2D eigenvalue weighted by Crippen LogP contribution is -1.72. The van der Waals surface area contributed by atoms with Crippen molar-refractivity contribution in [3.05, 3.63) is 20.8 Å². The molecule has 0 spiro atoms. The predicted octanol–water partition coefficient (Wildman–Crippen LogP) is 2.35. The van der Waals surface area contributed by atoms with Crippen LogP contribution in [0.4, 0.5) is 0 Å². The molecule has 0 bridgehead atoms. The smallest absolute Gasteiger partial charge is 0.211 e. The van der Waals surface area contributed by atoms with E-state index in [0.29, 0.717) is 6.54 Å². The van der Waals surface area contributed by atoms with Gasteiger partial charge in [-0.2, -0.15) is 0 Å². The highest BCUT2D eigenvalue weighted by Gasteiger charge is 1.97. The summed E-state index contributed by atoms with van der Waals surface area (Å²) in [6, 6.07) is 1.93. The standard InChI is InChI=1S/C6H4BrNOS/c7-5-1-2-10-6(5)3-8-4-9/h1-2H,3H2. The van der Waals surface area contributed by atoms with Crippen LogP contribution in [-0.4, -0.2) is 6.08 Å². The average molecular weight is 218 g/mol. The van der Waals surface area contributed by atoms with Crippen LogP contribution in [0.15, 0.2) is 20.9 Å². The number of hydrogen-bond acceptors (Lipinski definition) is 3. The molecule has 0 N–H and O–H groups in total. The lowest BCUT2D eigenvalue weighted by molar-refractivity contribution is 0.563. The topological polar surface area (TPSA) is 29.4 Å². The van der Waals surface area contributed by atoms with Gasteiger partial charge in [-0.1, -0.05) is 0 Å². The Balaban J connectivity index is 2.74. The van der Waals surface area contributed by atoms with E-state index in [1.54, 1.807) is 11.3 Å². The summed E-state index contributed by atoms with van der Waals surface area (Å²) in [6.45, 7) is 0.432. The fourth-order valence-electron chi connectivity index (χ4n) is 0.542. The molecule has 0 aliphatic rings. The third-order valence-corrected chi connectivity index (χ3v) is 2.89. The third-order valence-electron chi connectivity index (χ3n) is 0.978. The highest BCUT2D eigenvalue weighted by atomic mass is 79.9. The number of rotatable bonds is 2. The van der Waals surface area contributed by atoms with Gasteiger partial charge in [-0.15, -0.1) is 11.3 Å². The zero-order chi connectivity index (χ0) is 7.40. The Morgan fingerprint density at radius 2 is 2.60 bits per heavy atom. The zero-order valence-corrected chi connectivity index (χ0v) is 7.41. The van der Waals surface area contributed by atoms with Gasteiger partial charge in [-0.05, 0) is 27.4 Å². The SMILES string of the molecule is O=C=NCc1sccc1Br. The van der Waals surface area contributed by atoms with Gasteiger partial charge < -0.3 is 0 Å². The van der Waals surface area contributed by atoms with Gasteiger partial charge in [0.1, 0.15) is 0 Å². The van der Waals surface area contributed by atoms with E-state index in [4.69, 9.17) is 0 Å². The summed E-state index contributed by atoms with van der Waals surface area (Å²) < 4.78 is 1.01. The molecule has 4 heteroatoms. The molecule has 10 heavy (non-hydrogen) atoms. The van der Waals surface area contributed by atoms with Crippen molar-refractivity contribution in [3.8, 4) is 0 Å². The normalized spacial score (nSPS) is 8.90. The maximum absolute atomic E-state index is 9.71. The molecule has 0 aromatic carbocycles. The van der Waals surface area contributed by atoms with E-state index in [1.807, 2.05) is 11.4 Å². The van der Waals surface area contributed by atoms with Crippen molar-refractivity contribution in [2.45, 2.75) is 6.54 Å². The summed E-state index contributed by atoms with van der Waals surface area (Å²) in [7, 11) is 0. The summed E-state index contributed by atoms with van der Waals surface area (Å²) in [5, 5.41) is 1.94. The van der Waals surface area contributed by atoms with E-state index in [2.05, 4.69) is 20.9 Å². The molecule has 0 saturated heterocycles. The van der Waals surface area contributed by atoms with E-state index < -0.39 is 0 Å². The molecule has 0 fully saturated rings. The molecule has 0 aliphatic carbocycles. The second kappa shape index (κ2) is 3.66. The lowest BCUT2D eigenvalue weighted by Gasteiger charge is -1.86. The molecule has 1 rings (SSSR count). The van der Waals surface area contributed by atoms with Crippen LogP contribution in [0, 0.1) is 0 Å². The van der Waals surface area contributed by atoms with Crippen LogP contribution in [0.3, 0.4) is 0 Å². The highest BCUT2D eigenvalue weighted by molar-refractivity contribution is 9.10. The van der Waals surface area contributed by atoms with Crippen LogP contribution in [0.1, 0.15) is 4.88 Å². The van der Waals surface area contributed by atoms with Crippen molar-refractivity contribution >= 4 is 33.3 Å². The second-order valence-corrected chi connectivity index (χ2v) is 3.45. The summed E-state index contributed by atoms with van der Waals surface area (Å²) in [6.07, 6.45) is 1.49. The van der Waals surface area contributed by atoms with Gasteiger partial charge in [0.2, 0.25) is 6.08 Å². The van der Waals surface area contributed by atoms with Crippen LogP contribution < -0.4 is 0 Å².